The lowest BCUT2D eigenvalue weighted by Crippen LogP contribution is -2.42. The van der Waals surface area contributed by atoms with Crippen LogP contribution in [0.3, 0.4) is 0 Å². The Balaban J connectivity index is 2.77. The minimum atomic E-state index is -5.14. The first-order valence-electron chi connectivity index (χ1n) is 9.05. The normalized spacial score (nSPS) is 10.8. The molecule has 0 atom stereocenters. The van der Waals surface area contributed by atoms with Gasteiger partial charge >= 0.3 is 12.1 Å². The molecule has 14 heteroatoms. The molecule has 0 spiro atoms. The van der Waals surface area contributed by atoms with Crippen LogP contribution in [-0.4, -0.2) is 49.7 Å². The maximum atomic E-state index is 13.3. The molecular weight excluding hydrogens is 497 g/mol. The molecule has 3 N–H and O–H groups in total. The van der Waals surface area contributed by atoms with E-state index >= 15 is 0 Å². The van der Waals surface area contributed by atoms with Crippen LogP contribution in [0.2, 0.25) is 0 Å². The topological polar surface area (TPSA) is 93.0 Å². The summed E-state index contributed by atoms with van der Waals surface area (Å²) >= 11 is 15.9. The summed E-state index contributed by atoms with van der Waals surface area (Å²) in [5, 5.41) is 11.3. The number of aromatic nitrogens is 3. The van der Waals surface area contributed by atoms with Gasteiger partial charge in [-0.25, -0.2) is 4.57 Å². The zero-order valence-electron chi connectivity index (χ0n) is 16.8. The quantitative estimate of drug-likeness (QED) is 0.401. The van der Waals surface area contributed by atoms with Gasteiger partial charge in [0.05, 0.1) is 5.69 Å². The molecule has 0 radical (unpaired) electrons. The molecule has 0 saturated carbocycles. The van der Waals surface area contributed by atoms with E-state index in [1.165, 1.54) is 36.4 Å². The minimum absolute atomic E-state index is 0.0155. The number of benzene rings is 1. The second-order valence-corrected chi connectivity index (χ2v) is 7.27. The van der Waals surface area contributed by atoms with Crippen molar-refractivity contribution in [1.29, 1.82) is 0 Å². The third-order valence-corrected chi connectivity index (χ3v) is 4.86. The molecule has 1 heterocycles. The van der Waals surface area contributed by atoms with Crippen molar-refractivity contribution >= 4 is 58.5 Å². The summed E-state index contributed by atoms with van der Waals surface area (Å²) in [7, 11) is 0. The van der Waals surface area contributed by atoms with Gasteiger partial charge in [-0.3, -0.25) is 9.59 Å². The van der Waals surface area contributed by atoms with Gasteiger partial charge < -0.3 is 16.0 Å². The number of nitrogens with zero attached hydrogens (tertiary/aromatic N) is 3. The second kappa shape index (κ2) is 11.1. The van der Waals surface area contributed by atoms with E-state index in [0.717, 1.165) is 9.25 Å². The van der Waals surface area contributed by atoms with Gasteiger partial charge in [0.2, 0.25) is 4.77 Å². The van der Waals surface area contributed by atoms with Crippen molar-refractivity contribution in [2.75, 3.05) is 18.4 Å². The molecule has 1 amide bonds. The number of para-hydroxylation sites is 1. The van der Waals surface area contributed by atoms with Crippen LogP contribution in [0.25, 0.3) is 11.3 Å². The van der Waals surface area contributed by atoms with E-state index in [9.17, 15) is 22.8 Å². The van der Waals surface area contributed by atoms with Gasteiger partial charge in [0.1, 0.15) is 0 Å². The number of carbonyl (C=O) groups is 1. The number of rotatable bonds is 6. The highest BCUT2D eigenvalue weighted by atomic mass is 32.1. The van der Waals surface area contributed by atoms with Crippen molar-refractivity contribution < 1.29 is 18.0 Å². The van der Waals surface area contributed by atoms with Gasteiger partial charge in [0.25, 0.3) is 5.56 Å². The zero-order valence-corrected chi connectivity index (χ0v) is 19.3. The average Bonchev–Trinajstić information content (AvgIpc) is 2.76. The SMILES string of the molecule is C=CCNC(=S)n1nc(-c2ccccc2NC(=O)C(F)(F)F)c(=O)n(C(=S)NCC=C)c1=S. The Bertz CT molecular complexity index is 1240. The van der Waals surface area contributed by atoms with E-state index in [0.29, 0.717) is 0 Å². The number of hydrogen-bond donors (Lipinski definition) is 3. The summed E-state index contributed by atoms with van der Waals surface area (Å²) in [5.41, 5.74) is -1.59. The first-order valence-corrected chi connectivity index (χ1v) is 10.3. The molecular formula is C19H17F3N6O2S3. The third kappa shape index (κ3) is 6.18. The monoisotopic (exact) mass is 514 g/mol. The molecule has 0 bridgehead atoms. The van der Waals surface area contributed by atoms with E-state index in [4.69, 9.17) is 36.7 Å². The van der Waals surface area contributed by atoms with Crippen LogP contribution in [0, 0.1) is 4.77 Å². The van der Waals surface area contributed by atoms with Crippen molar-refractivity contribution in [2.45, 2.75) is 6.18 Å². The fraction of sp³-hybridized carbons (Fsp3) is 0.158. The van der Waals surface area contributed by atoms with Gasteiger partial charge in [0, 0.05) is 18.7 Å². The fourth-order valence-electron chi connectivity index (χ4n) is 2.42. The van der Waals surface area contributed by atoms with E-state index < -0.39 is 17.6 Å². The Morgan fingerprint density at radius 1 is 1.09 bits per heavy atom. The van der Waals surface area contributed by atoms with Gasteiger partial charge in [-0.1, -0.05) is 30.4 Å². The van der Waals surface area contributed by atoms with Crippen LogP contribution in [0.1, 0.15) is 0 Å². The Morgan fingerprint density at radius 2 is 1.67 bits per heavy atom. The van der Waals surface area contributed by atoms with Gasteiger partial charge in [-0.2, -0.15) is 23.0 Å². The standard InChI is InChI=1S/C19H17F3N6O2S3/c1-3-9-23-16(31)27-14(29)13(26-28(18(27)33)17(32)24-10-4-2)11-7-5-6-8-12(11)25-15(30)19(20,21)22/h3-8H,1-2,9-10H2,(H,23,31)(H,24,32)(H,25,30). The number of nitrogens with one attached hydrogen (secondary N) is 3. The lowest BCUT2D eigenvalue weighted by Gasteiger charge is -2.17. The summed E-state index contributed by atoms with van der Waals surface area (Å²) in [6.07, 6.45) is -2.13. The molecule has 8 nitrogen and oxygen atoms in total. The number of carbonyl (C=O) groups excluding carboxylic acids is 1. The summed E-state index contributed by atoms with van der Waals surface area (Å²) in [5.74, 6) is -2.21. The van der Waals surface area contributed by atoms with Crippen LogP contribution in [-0.2, 0) is 4.79 Å². The highest BCUT2D eigenvalue weighted by Crippen LogP contribution is 2.26. The zero-order chi connectivity index (χ0) is 24.8. The molecule has 1 aromatic carbocycles. The number of hydrogen-bond acceptors (Lipinski definition) is 6. The Hall–Kier alpha value is -3.23. The summed E-state index contributed by atoms with van der Waals surface area (Å²) in [6, 6.07) is 5.35. The average molecular weight is 515 g/mol. The lowest BCUT2D eigenvalue weighted by molar-refractivity contribution is -0.167. The molecule has 0 aliphatic carbocycles. The van der Waals surface area contributed by atoms with Gasteiger partial charge in [0.15, 0.2) is 15.9 Å². The number of thiocarbonyl (C=S) groups is 2. The molecule has 0 fully saturated rings. The molecule has 1 aromatic heterocycles. The van der Waals surface area contributed by atoms with Crippen LogP contribution in [0.5, 0.6) is 0 Å². The lowest BCUT2D eigenvalue weighted by atomic mass is 10.1. The summed E-state index contributed by atoms with van der Waals surface area (Å²) in [4.78, 5) is 24.8. The van der Waals surface area contributed by atoms with E-state index in [-0.39, 0.29) is 45.0 Å². The first kappa shape index (κ1) is 26.0. The molecule has 2 aromatic rings. The van der Waals surface area contributed by atoms with Gasteiger partial charge in [-0.05, 0) is 42.7 Å². The predicted octanol–water partition coefficient (Wildman–Crippen LogP) is 2.76. The maximum Gasteiger partial charge on any atom is 0.471 e. The Morgan fingerprint density at radius 3 is 2.24 bits per heavy atom. The second-order valence-electron chi connectivity index (χ2n) is 6.13. The van der Waals surface area contributed by atoms with E-state index in [1.807, 2.05) is 0 Å². The van der Waals surface area contributed by atoms with Crippen LogP contribution in [0.4, 0.5) is 18.9 Å². The van der Waals surface area contributed by atoms with Crippen molar-refractivity contribution in [3.63, 3.8) is 0 Å². The highest BCUT2D eigenvalue weighted by Gasteiger charge is 2.39. The van der Waals surface area contributed by atoms with Crippen molar-refractivity contribution in [1.82, 2.24) is 25.0 Å². The van der Waals surface area contributed by atoms with Crippen molar-refractivity contribution in [2.24, 2.45) is 0 Å². The third-order valence-electron chi connectivity index (χ3n) is 3.86. The molecule has 33 heavy (non-hydrogen) atoms. The summed E-state index contributed by atoms with van der Waals surface area (Å²) < 4.78 is 40.1. The fourth-order valence-corrected chi connectivity index (χ4v) is 3.30. The minimum Gasteiger partial charge on any atom is -0.358 e. The largest absolute Gasteiger partial charge is 0.471 e. The number of amides is 1. The first-order chi connectivity index (χ1) is 15.5. The molecule has 0 saturated heterocycles. The Labute approximate surface area is 201 Å². The van der Waals surface area contributed by atoms with Gasteiger partial charge in [-0.15, -0.1) is 13.2 Å². The smallest absolute Gasteiger partial charge is 0.358 e. The van der Waals surface area contributed by atoms with Crippen LogP contribution >= 0.6 is 36.7 Å². The maximum absolute atomic E-state index is 13.3. The highest BCUT2D eigenvalue weighted by molar-refractivity contribution is 7.80. The Kier molecular flexibility index (Phi) is 8.73. The molecule has 0 aliphatic heterocycles. The summed E-state index contributed by atoms with van der Waals surface area (Å²) in [6.45, 7) is 7.56. The van der Waals surface area contributed by atoms with Crippen LogP contribution < -0.4 is 21.5 Å². The number of alkyl halides is 3. The predicted molar refractivity (Wildman–Crippen MR) is 130 cm³/mol. The van der Waals surface area contributed by atoms with Crippen molar-refractivity contribution in [3.8, 4) is 11.3 Å². The van der Waals surface area contributed by atoms with Crippen molar-refractivity contribution in [3.05, 3.63) is 64.7 Å². The molecule has 0 unspecified atom stereocenters. The molecule has 174 valence electrons. The van der Waals surface area contributed by atoms with E-state index in [1.54, 1.807) is 5.32 Å². The molecule has 0 aliphatic rings. The number of halogens is 3. The number of anilines is 1. The molecule has 2 rings (SSSR count). The van der Waals surface area contributed by atoms with Crippen LogP contribution in [0.15, 0.2) is 54.4 Å². The van der Waals surface area contributed by atoms with E-state index in [2.05, 4.69) is 28.9 Å².